The van der Waals surface area contributed by atoms with Crippen LogP contribution in [0.5, 0.6) is 0 Å². The van der Waals surface area contributed by atoms with Gasteiger partial charge in [0.15, 0.2) is 0 Å². The van der Waals surface area contributed by atoms with E-state index >= 15 is 0 Å². The lowest BCUT2D eigenvalue weighted by Gasteiger charge is -2.21. The largest absolute Gasteiger partial charge is 0.480 e. The summed E-state index contributed by atoms with van der Waals surface area (Å²) in [5, 5.41) is 11.4. The quantitative estimate of drug-likeness (QED) is 0.485. The molecule has 0 rings (SSSR count). The van der Waals surface area contributed by atoms with Crippen LogP contribution in [0.1, 0.15) is 27.2 Å². The number of amides is 2. The predicted molar refractivity (Wildman–Crippen MR) is 83.1 cm³/mol. The van der Waals surface area contributed by atoms with Gasteiger partial charge in [0.2, 0.25) is 11.8 Å². The second kappa shape index (κ2) is 10.4. The highest BCUT2D eigenvalue weighted by Crippen LogP contribution is 2.06. The fraction of sp³-hybridized carbons (Fsp3) is 0.769. The minimum Gasteiger partial charge on any atom is -0.480 e. The highest BCUT2D eigenvalue weighted by Gasteiger charge is 2.16. The van der Waals surface area contributed by atoms with Gasteiger partial charge in [-0.05, 0) is 32.9 Å². The summed E-state index contributed by atoms with van der Waals surface area (Å²) in [6, 6.07) is -0.857. The predicted octanol–water partition coefficient (Wildman–Crippen LogP) is -0.105. The molecule has 0 aliphatic carbocycles. The number of hydrogen-bond donors (Lipinski definition) is 3. The van der Waals surface area contributed by atoms with Gasteiger partial charge in [0, 0.05) is 12.6 Å². The van der Waals surface area contributed by atoms with Gasteiger partial charge in [-0.3, -0.25) is 14.4 Å². The van der Waals surface area contributed by atoms with Crippen LogP contribution in [0.15, 0.2) is 0 Å². The van der Waals surface area contributed by atoms with Gasteiger partial charge in [-0.1, -0.05) is 0 Å². The summed E-state index contributed by atoms with van der Waals surface area (Å²) < 4.78 is 0. The average Bonchev–Trinajstić information content (AvgIpc) is 2.39. The molecule has 7 nitrogen and oxygen atoms in total. The molecule has 0 aliphatic rings. The highest BCUT2D eigenvalue weighted by molar-refractivity contribution is 7.99. The van der Waals surface area contributed by atoms with Gasteiger partial charge in [-0.15, -0.1) is 0 Å². The number of nitrogens with one attached hydrogen (secondary N) is 1. The van der Waals surface area contributed by atoms with Crippen LogP contribution in [0.3, 0.4) is 0 Å². The molecule has 0 radical (unpaired) electrons. The van der Waals surface area contributed by atoms with Crippen molar-refractivity contribution in [2.45, 2.75) is 39.3 Å². The van der Waals surface area contributed by atoms with Crippen LogP contribution < -0.4 is 11.1 Å². The van der Waals surface area contributed by atoms with E-state index in [1.807, 2.05) is 20.8 Å². The molecule has 8 heteroatoms. The summed E-state index contributed by atoms with van der Waals surface area (Å²) in [6.45, 7) is 6.03. The van der Waals surface area contributed by atoms with E-state index in [-0.39, 0.29) is 30.2 Å². The molecule has 1 unspecified atom stereocenters. The van der Waals surface area contributed by atoms with Crippen LogP contribution in [0.4, 0.5) is 0 Å². The van der Waals surface area contributed by atoms with Crippen LogP contribution in [0.25, 0.3) is 0 Å². The van der Waals surface area contributed by atoms with Crippen LogP contribution >= 0.6 is 11.8 Å². The first kappa shape index (κ1) is 19.7. The van der Waals surface area contributed by atoms with Gasteiger partial charge in [0.1, 0.15) is 6.04 Å². The molecule has 0 bridgehead atoms. The summed E-state index contributed by atoms with van der Waals surface area (Å²) in [7, 11) is 0. The third-order valence-electron chi connectivity index (χ3n) is 2.63. The molecule has 0 aromatic heterocycles. The molecule has 4 N–H and O–H groups in total. The molecule has 122 valence electrons. The Morgan fingerprint density at radius 2 is 1.95 bits per heavy atom. The topological polar surface area (TPSA) is 113 Å². The van der Waals surface area contributed by atoms with Crippen molar-refractivity contribution in [3.05, 3.63) is 0 Å². The lowest BCUT2D eigenvalue weighted by atomic mass is 10.2. The first-order valence-corrected chi connectivity index (χ1v) is 8.06. The average molecular weight is 319 g/mol. The van der Waals surface area contributed by atoms with E-state index in [1.165, 1.54) is 16.7 Å². The van der Waals surface area contributed by atoms with Crippen molar-refractivity contribution in [2.24, 2.45) is 5.73 Å². The van der Waals surface area contributed by atoms with Crippen molar-refractivity contribution in [2.75, 3.05) is 24.6 Å². The van der Waals surface area contributed by atoms with Crippen molar-refractivity contribution in [1.29, 1.82) is 0 Å². The van der Waals surface area contributed by atoms with E-state index in [0.717, 1.165) is 0 Å². The number of thioether (sulfide) groups is 1. The Hall–Kier alpha value is -1.28. The Kier molecular flexibility index (Phi) is 9.81. The van der Waals surface area contributed by atoms with E-state index in [9.17, 15) is 14.4 Å². The summed E-state index contributed by atoms with van der Waals surface area (Å²) in [6.07, 6.45) is 0.313. The van der Waals surface area contributed by atoms with Gasteiger partial charge >= 0.3 is 5.97 Å². The van der Waals surface area contributed by atoms with E-state index in [0.29, 0.717) is 18.7 Å². The van der Waals surface area contributed by atoms with E-state index in [2.05, 4.69) is 5.32 Å². The molecule has 2 amide bonds. The lowest BCUT2D eigenvalue weighted by Crippen LogP contribution is -2.43. The van der Waals surface area contributed by atoms with Crippen LogP contribution in [0, 0.1) is 0 Å². The normalized spacial score (nSPS) is 12.0. The Morgan fingerprint density at radius 3 is 2.43 bits per heavy atom. The van der Waals surface area contributed by atoms with Crippen molar-refractivity contribution in [1.82, 2.24) is 10.2 Å². The number of likely N-dealkylation sites (N-methyl/N-ethyl adjacent to an activating group) is 1. The fourth-order valence-corrected chi connectivity index (χ4v) is 2.42. The summed E-state index contributed by atoms with van der Waals surface area (Å²) in [5.74, 6) is -0.643. The van der Waals surface area contributed by atoms with Gasteiger partial charge in [0.25, 0.3) is 0 Å². The zero-order valence-corrected chi connectivity index (χ0v) is 13.6. The maximum absolute atomic E-state index is 12.0. The standard InChI is InChI=1S/C13H25N3O4S/c1-4-16(7-11(17)15-9(2)3)12(18)8-21-6-5-10(14)13(19)20/h9-10H,4-8,14H2,1-3H3,(H,15,17)(H,19,20). The zero-order valence-electron chi connectivity index (χ0n) is 12.8. The first-order chi connectivity index (χ1) is 9.77. The first-order valence-electron chi connectivity index (χ1n) is 6.91. The highest BCUT2D eigenvalue weighted by atomic mass is 32.2. The number of nitrogens with two attached hydrogens (primary N) is 1. The van der Waals surface area contributed by atoms with Crippen LogP contribution in [-0.2, 0) is 14.4 Å². The Balaban J connectivity index is 4.05. The number of carboxylic acids is 1. The number of nitrogens with zero attached hydrogens (tertiary/aromatic N) is 1. The molecule has 0 aliphatic heterocycles. The molecule has 0 fully saturated rings. The zero-order chi connectivity index (χ0) is 16.4. The van der Waals surface area contributed by atoms with Gasteiger partial charge in [-0.25, -0.2) is 0 Å². The summed E-state index contributed by atoms with van der Waals surface area (Å²) >= 11 is 1.33. The molecule has 0 spiro atoms. The number of carboxylic acid groups (broad SMARTS) is 1. The van der Waals surface area contributed by atoms with Gasteiger partial charge in [-0.2, -0.15) is 11.8 Å². The van der Waals surface area contributed by atoms with Crippen molar-refractivity contribution >= 4 is 29.5 Å². The Bertz CT molecular complexity index is 363. The third kappa shape index (κ3) is 9.30. The monoisotopic (exact) mass is 319 g/mol. The van der Waals surface area contributed by atoms with Crippen LogP contribution in [0.2, 0.25) is 0 Å². The van der Waals surface area contributed by atoms with E-state index < -0.39 is 12.0 Å². The molecule has 0 aromatic carbocycles. The van der Waals surface area contributed by atoms with E-state index in [1.54, 1.807) is 0 Å². The number of rotatable bonds is 10. The summed E-state index contributed by atoms with van der Waals surface area (Å²) in [4.78, 5) is 35.6. The molecule has 0 saturated heterocycles. The number of carbonyl (C=O) groups is 3. The number of aliphatic carboxylic acids is 1. The van der Waals surface area contributed by atoms with Crippen LogP contribution in [-0.4, -0.2) is 64.5 Å². The minimum absolute atomic E-state index is 0.0400. The smallest absolute Gasteiger partial charge is 0.320 e. The minimum atomic E-state index is -1.04. The second-order valence-electron chi connectivity index (χ2n) is 4.92. The molecule has 0 aromatic rings. The molecule has 21 heavy (non-hydrogen) atoms. The molecular formula is C13H25N3O4S. The fourth-order valence-electron chi connectivity index (χ4n) is 1.50. The Labute approximate surface area is 129 Å². The molecule has 0 saturated carbocycles. The summed E-state index contributed by atoms with van der Waals surface area (Å²) in [5.41, 5.74) is 5.37. The van der Waals surface area contributed by atoms with Crippen molar-refractivity contribution in [3.8, 4) is 0 Å². The van der Waals surface area contributed by atoms with Crippen molar-refractivity contribution in [3.63, 3.8) is 0 Å². The Morgan fingerprint density at radius 1 is 1.33 bits per heavy atom. The molecule has 1 atom stereocenters. The van der Waals surface area contributed by atoms with Crippen molar-refractivity contribution < 1.29 is 19.5 Å². The lowest BCUT2D eigenvalue weighted by molar-refractivity contribution is -0.138. The molecule has 0 heterocycles. The van der Waals surface area contributed by atoms with Gasteiger partial charge < -0.3 is 21.1 Å². The maximum Gasteiger partial charge on any atom is 0.320 e. The second-order valence-corrected chi connectivity index (χ2v) is 6.02. The van der Waals surface area contributed by atoms with E-state index in [4.69, 9.17) is 10.8 Å². The molecular weight excluding hydrogens is 294 g/mol. The number of hydrogen-bond acceptors (Lipinski definition) is 5. The van der Waals surface area contributed by atoms with Gasteiger partial charge in [0.05, 0.1) is 12.3 Å². The SMILES string of the molecule is CCN(CC(=O)NC(C)C)C(=O)CSCCC(N)C(=O)O. The third-order valence-corrected chi connectivity index (χ3v) is 3.61. The maximum atomic E-state index is 12.0. The number of carbonyl (C=O) groups excluding carboxylic acids is 2.